The predicted octanol–water partition coefficient (Wildman–Crippen LogP) is 5.88. The number of rotatable bonds is 26. The number of hydrogen-bond donors (Lipinski definition) is 7. The van der Waals surface area contributed by atoms with E-state index in [0.29, 0.717) is 59.3 Å². The fraction of sp³-hybridized carbons (Fsp3) is 0.471. The molecule has 7 aliphatic rings. The average molecular weight is 1340 g/mol. The van der Waals surface area contributed by atoms with E-state index < -0.39 is 72.1 Å². The van der Waals surface area contributed by atoms with E-state index in [1.807, 2.05) is 59.0 Å². The number of thiazole rings is 1. The monoisotopic (exact) mass is 1340 g/mol. The van der Waals surface area contributed by atoms with Gasteiger partial charge in [-0.3, -0.25) is 34.1 Å². The fourth-order valence-corrected chi connectivity index (χ4v) is 16.7. The van der Waals surface area contributed by atoms with Crippen LogP contribution in [-0.4, -0.2) is 193 Å². The van der Waals surface area contributed by atoms with Crippen molar-refractivity contribution in [3.8, 4) is 22.6 Å². The number of fused-ring (bicyclic) bond motifs is 2. The molecule has 7 N–H and O–H groups in total. The summed E-state index contributed by atoms with van der Waals surface area (Å²) < 4.78 is 38.5. The van der Waals surface area contributed by atoms with Crippen LogP contribution in [0.3, 0.4) is 0 Å². The summed E-state index contributed by atoms with van der Waals surface area (Å²) in [5.74, 6) is -3.77. The van der Waals surface area contributed by atoms with Crippen LogP contribution >= 0.6 is 11.3 Å². The van der Waals surface area contributed by atoms with E-state index in [0.717, 1.165) is 82.6 Å². The molecule has 2 unspecified atom stereocenters. The van der Waals surface area contributed by atoms with E-state index in [-0.39, 0.29) is 98.4 Å². The average Bonchev–Trinajstić information content (AvgIpc) is 0.728. The first-order valence-electron chi connectivity index (χ1n) is 31.9. The van der Waals surface area contributed by atoms with Crippen LogP contribution in [0.4, 0.5) is 15.7 Å². The number of likely N-dealkylation sites (N-methyl/N-ethyl adjacent to an activating group) is 1. The molecule has 96 heavy (non-hydrogen) atoms. The molecule has 1 saturated heterocycles. The molecule has 27 nitrogen and oxygen atoms in total. The maximum absolute atomic E-state index is 13.8. The molecular formula is C68H77N9O18S. The molecule has 4 bridgehead atoms. The second-order valence-corrected chi connectivity index (χ2v) is 27.8. The summed E-state index contributed by atoms with van der Waals surface area (Å²) in [7, 11) is 1.61. The normalized spacial score (nSPS) is 25.6. The number of carbonyl (C=O) groups is 7. The number of aromatic nitrogens is 4. The Morgan fingerprint density at radius 2 is 1.60 bits per heavy atom. The fourth-order valence-electron chi connectivity index (χ4n) is 15.8. The van der Waals surface area contributed by atoms with Crippen LogP contribution in [0.5, 0.6) is 11.5 Å². The van der Waals surface area contributed by atoms with Gasteiger partial charge >= 0.3 is 18.0 Å². The zero-order chi connectivity index (χ0) is 67.8. The Hall–Kier alpha value is -8.90. The number of nitrogens with zero attached hydrogens (tertiary/aromatic N) is 7. The summed E-state index contributed by atoms with van der Waals surface area (Å²) in [5.41, 5.74) is 4.64. The SMILES string of the molecule is Cc1c(-c2ccc(N3CCc4cccc(C(=O)Nc5nc6ccccc6s5)c4C3)nc2C(=O)O)cnn1CC12CC3(C)CC(C)(C1)CC(OCCN(C)C(=O)OCc1ccc(O[C@@H]4O[C@H](C(=O)O)[C@@H](O)[C@H](O)[C@H]4O)cc1OCCOCCNC(=O)CCN1C(=O)C=CC1=O)(C3)C2. The van der Waals surface area contributed by atoms with Crippen molar-refractivity contribution in [1.29, 1.82) is 0 Å². The van der Waals surface area contributed by atoms with Gasteiger partial charge in [-0.1, -0.05) is 49.4 Å². The summed E-state index contributed by atoms with van der Waals surface area (Å²) in [6, 6.07) is 21.4. The van der Waals surface area contributed by atoms with E-state index in [1.165, 1.54) is 34.4 Å². The Labute approximate surface area is 555 Å². The predicted molar refractivity (Wildman–Crippen MR) is 345 cm³/mol. The van der Waals surface area contributed by atoms with Gasteiger partial charge in [0.25, 0.3) is 17.7 Å². The quantitative estimate of drug-likeness (QED) is 0.0246. The van der Waals surface area contributed by atoms with E-state index in [2.05, 4.69) is 29.5 Å². The van der Waals surface area contributed by atoms with Gasteiger partial charge in [0.1, 0.15) is 48.8 Å². The number of aromatic carboxylic acids is 1. The Bertz CT molecular complexity index is 3970. The highest BCUT2D eigenvalue weighted by Crippen LogP contribution is 2.72. The Morgan fingerprint density at radius 1 is 0.833 bits per heavy atom. The van der Waals surface area contributed by atoms with Crippen molar-refractivity contribution in [3.05, 3.63) is 125 Å². The first kappa shape index (κ1) is 67.1. The number of ether oxygens (including phenoxy) is 6. The smallest absolute Gasteiger partial charge is 0.409 e. The van der Waals surface area contributed by atoms with E-state index in [4.69, 9.17) is 38.5 Å². The summed E-state index contributed by atoms with van der Waals surface area (Å²) in [4.78, 5) is 102. The first-order valence-corrected chi connectivity index (χ1v) is 32.7. The molecular weight excluding hydrogens is 1260 g/mol. The van der Waals surface area contributed by atoms with Crippen molar-refractivity contribution < 1.29 is 87.5 Å². The number of carboxylic acids is 2. The van der Waals surface area contributed by atoms with Crippen LogP contribution in [0.2, 0.25) is 0 Å². The molecule has 4 aliphatic carbocycles. The zero-order valence-corrected chi connectivity index (χ0v) is 54.4. The molecule has 0 spiro atoms. The van der Waals surface area contributed by atoms with Gasteiger partial charge < -0.3 is 69.1 Å². The first-order chi connectivity index (χ1) is 45.9. The van der Waals surface area contributed by atoms with Gasteiger partial charge in [0.15, 0.2) is 16.9 Å². The maximum atomic E-state index is 13.8. The summed E-state index contributed by atoms with van der Waals surface area (Å²) >= 11 is 1.41. The number of aliphatic hydroxyl groups is 3. The lowest BCUT2D eigenvalue weighted by atomic mass is 9.39. The molecule has 6 aromatic rings. The highest BCUT2D eigenvalue weighted by Gasteiger charge is 2.66. The zero-order valence-electron chi connectivity index (χ0n) is 53.6. The third-order valence-electron chi connectivity index (χ3n) is 19.1. The highest BCUT2D eigenvalue weighted by atomic mass is 32.1. The number of pyridine rings is 1. The van der Waals surface area contributed by atoms with Gasteiger partial charge in [-0.2, -0.15) is 5.10 Å². The number of benzene rings is 3. The highest BCUT2D eigenvalue weighted by molar-refractivity contribution is 7.22. The third-order valence-corrected chi connectivity index (χ3v) is 20.0. The molecule has 6 heterocycles. The molecule has 5 fully saturated rings. The van der Waals surface area contributed by atoms with Gasteiger partial charge in [0.2, 0.25) is 12.2 Å². The van der Waals surface area contributed by atoms with Crippen molar-refractivity contribution in [2.75, 3.05) is 69.9 Å². The number of aliphatic carboxylic acids is 1. The molecule has 3 aromatic heterocycles. The number of aliphatic hydroxyl groups excluding tert-OH is 3. The van der Waals surface area contributed by atoms with Gasteiger partial charge in [-0.05, 0) is 122 Å². The lowest BCUT2D eigenvalue weighted by Crippen LogP contribution is -2.64. The number of carbonyl (C=O) groups excluding carboxylic acids is 5. The number of amides is 5. The topological polar surface area (TPSA) is 353 Å². The molecule has 7 atom stereocenters. The van der Waals surface area contributed by atoms with Crippen LogP contribution in [0, 0.1) is 23.2 Å². The lowest BCUT2D eigenvalue weighted by Gasteiger charge is -2.69. The summed E-state index contributed by atoms with van der Waals surface area (Å²) in [6.07, 6.45) is -0.0320. The number of imide groups is 1. The van der Waals surface area contributed by atoms with Crippen molar-refractivity contribution in [3.63, 3.8) is 0 Å². The van der Waals surface area contributed by atoms with Crippen molar-refractivity contribution >= 4 is 74.2 Å². The molecule has 28 heteroatoms. The van der Waals surface area contributed by atoms with Gasteiger partial charge in [-0.15, -0.1) is 0 Å². The van der Waals surface area contributed by atoms with Gasteiger partial charge in [0, 0.05) is 98.9 Å². The Kier molecular flexibility index (Phi) is 19.1. The van der Waals surface area contributed by atoms with Crippen LogP contribution in [0.25, 0.3) is 21.3 Å². The molecule has 3 aliphatic heterocycles. The molecule has 0 radical (unpaired) electrons. The minimum absolute atomic E-state index is 0.00141. The minimum atomic E-state index is -1.94. The number of anilines is 2. The van der Waals surface area contributed by atoms with E-state index >= 15 is 0 Å². The lowest BCUT2D eigenvalue weighted by molar-refractivity contribution is -0.271. The Morgan fingerprint density at radius 3 is 2.35 bits per heavy atom. The number of hydrogen-bond acceptors (Lipinski definition) is 21. The maximum Gasteiger partial charge on any atom is 0.409 e. The molecule has 13 rings (SSSR count). The second-order valence-electron chi connectivity index (χ2n) is 26.8. The van der Waals surface area contributed by atoms with Crippen molar-refractivity contribution in [2.24, 2.45) is 16.2 Å². The van der Waals surface area contributed by atoms with Gasteiger partial charge in [0.05, 0.1) is 41.8 Å². The third kappa shape index (κ3) is 14.3. The van der Waals surface area contributed by atoms with E-state index in [1.54, 1.807) is 25.4 Å². The minimum Gasteiger partial charge on any atom is -0.491 e. The largest absolute Gasteiger partial charge is 0.491 e. The Balaban J connectivity index is 0.665. The van der Waals surface area contributed by atoms with E-state index in [9.17, 15) is 59.1 Å². The summed E-state index contributed by atoms with van der Waals surface area (Å²) in [6.45, 7) is 8.37. The molecule has 4 saturated carbocycles. The van der Waals surface area contributed by atoms with Crippen molar-refractivity contribution in [2.45, 2.75) is 128 Å². The van der Waals surface area contributed by atoms with Crippen LogP contribution in [0.15, 0.2) is 91.1 Å². The van der Waals surface area contributed by atoms with Crippen LogP contribution < -0.4 is 25.0 Å². The number of para-hydroxylation sites is 1. The molecule has 508 valence electrons. The van der Waals surface area contributed by atoms with Gasteiger partial charge in [-0.25, -0.2) is 24.4 Å². The molecule has 3 aromatic carbocycles. The number of nitrogens with one attached hydrogen (secondary N) is 2. The van der Waals surface area contributed by atoms with Crippen LogP contribution in [0.1, 0.15) is 102 Å². The van der Waals surface area contributed by atoms with Crippen molar-refractivity contribution in [1.82, 2.24) is 34.9 Å². The number of carboxylic acid groups (broad SMARTS) is 2. The second kappa shape index (κ2) is 27.3. The molecule has 5 amide bonds. The standard InChI is InChI=1S/C68H77N9O18S/c1-39-45(43-14-15-50(72-54(43)60(85)86)75-21-18-40-8-7-9-44(46(40)30-75)59(84)73-63-71-47-10-5-6-11-49(47)96-63)29-70-77(39)38-67-33-65(2)32-66(3,34-67)36-68(35-65,37-67)93-25-23-74(4)64(89)92-31-41-12-13-42(94-62-57(83)55(81)56(82)58(95-62)61(87)88)28-48(41)91-27-26-90-24-20-69-51(78)19-22-76-52(79)16-17-53(76)80/h5-17,28-29,55-58,62,81-83H,18-27,30-38H2,1-4H3,(H,69,78)(H,85,86)(H,87,88)(H,71,73,84)/t55-,56-,57+,58-,62+,65?,66?,67?,68?/m0/s1. The van der Waals surface area contributed by atoms with Crippen LogP contribution in [-0.2, 0) is 64.2 Å². The summed E-state index contributed by atoms with van der Waals surface area (Å²) in [5, 5.41) is 62.7.